The molecule has 0 aliphatic carbocycles. The van der Waals surface area contributed by atoms with Crippen LogP contribution in [0.3, 0.4) is 0 Å². The molecule has 0 aromatic heterocycles. The molecule has 0 spiro atoms. The summed E-state index contributed by atoms with van der Waals surface area (Å²) in [5, 5.41) is 20.2. The molecule has 0 unspecified atom stereocenters. The van der Waals surface area contributed by atoms with Crippen molar-refractivity contribution in [3.8, 4) is 5.75 Å². The lowest BCUT2D eigenvalue weighted by molar-refractivity contribution is -0.131. The highest BCUT2D eigenvalue weighted by molar-refractivity contribution is 6.41. The van der Waals surface area contributed by atoms with Crippen LogP contribution in [0.2, 0.25) is 0 Å². The summed E-state index contributed by atoms with van der Waals surface area (Å²) in [6, 6.07) is 3.77. The van der Waals surface area contributed by atoms with E-state index in [0.29, 0.717) is 0 Å². The number of benzene rings is 1. The zero-order valence-corrected chi connectivity index (χ0v) is 8.35. The predicted octanol–water partition coefficient (Wildman–Crippen LogP) is 0.618. The van der Waals surface area contributed by atoms with Crippen molar-refractivity contribution in [1.29, 1.82) is 0 Å². The third kappa shape index (κ3) is 2.35. The first-order valence-corrected chi connectivity index (χ1v) is 4.30. The van der Waals surface area contributed by atoms with Crippen LogP contribution in [0, 0.1) is 0 Å². The van der Waals surface area contributed by atoms with E-state index in [-0.39, 0.29) is 17.0 Å². The lowest BCUT2D eigenvalue weighted by Crippen LogP contribution is -2.17. The van der Waals surface area contributed by atoms with Crippen LogP contribution in [0.4, 0.5) is 5.69 Å². The smallest absolute Gasteiger partial charge is 0.377 e. The highest BCUT2D eigenvalue weighted by Gasteiger charge is 2.21. The van der Waals surface area contributed by atoms with Gasteiger partial charge in [0, 0.05) is 6.92 Å². The third-order valence-electron chi connectivity index (χ3n) is 1.78. The van der Waals surface area contributed by atoms with Crippen molar-refractivity contribution in [3.05, 3.63) is 23.8 Å². The van der Waals surface area contributed by atoms with Gasteiger partial charge in [0.1, 0.15) is 5.75 Å². The standard InChI is InChI=1S/C10H9NO5/c1-5(12)11-8-6(9(14)10(15)16)3-2-4-7(8)13/h2-4,13H,1H3,(H,11,12)(H,15,16). The van der Waals surface area contributed by atoms with Gasteiger partial charge in [-0.1, -0.05) is 6.07 Å². The number of carboxylic acid groups (broad SMARTS) is 1. The van der Waals surface area contributed by atoms with E-state index in [0.717, 1.165) is 0 Å². The molecular weight excluding hydrogens is 214 g/mol. The molecule has 0 saturated carbocycles. The molecule has 0 radical (unpaired) electrons. The highest BCUT2D eigenvalue weighted by Crippen LogP contribution is 2.27. The Labute approximate surface area is 90.5 Å². The average molecular weight is 223 g/mol. The Morgan fingerprint density at radius 3 is 2.38 bits per heavy atom. The first-order chi connectivity index (χ1) is 7.43. The van der Waals surface area contributed by atoms with Crippen LogP contribution in [0.5, 0.6) is 5.75 Å². The zero-order chi connectivity index (χ0) is 12.3. The van der Waals surface area contributed by atoms with E-state index in [1.165, 1.54) is 25.1 Å². The van der Waals surface area contributed by atoms with Crippen molar-refractivity contribution in [1.82, 2.24) is 0 Å². The van der Waals surface area contributed by atoms with Crippen molar-refractivity contribution >= 4 is 23.3 Å². The molecule has 0 bridgehead atoms. The van der Waals surface area contributed by atoms with Gasteiger partial charge in [0.25, 0.3) is 5.78 Å². The number of ketones is 1. The van der Waals surface area contributed by atoms with Crippen LogP contribution >= 0.6 is 0 Å². The molecule has 0 saturated heterocycles. The number of carboxylic acids is 1. The largest absolute Gasteiger partial charge is 0.506 e. The van der Waals surface area contributed by atoms with E-state index in [1.54, 1.807) is 0 Å². The number of rotatable bonds is 3. The van der Waals surface area contributed by atoms with Crippen LogP contribution < -0.4 is 5.32 Å². The Morgan fingerprint density at radius 1 is 1.25 bits per heavy atom. The van der Waals surface area contributed by atoms with E-state index < -0.39 is 17.7 Å². The van der Waals surface area contributed by atoms with Gasteiger partial charge < -0.3 is 15.5 Å². The van der Waals surface area contributed by atoms with Crippen LogP contribution in [-0.2, 0) is 9.59 Å². The minimum absolute atomic E-state index is 0.192. The number of hydrogen-bond acceptors (Lipinski definition) is 4. The number of nitrogens with one attached hydrogen (secondary N) is 1. The number of aliphatic carboxylic acids is 1. The van der Waals surface area contributed by atoms with Gasteiger partial charge in [-0.25, -0.2) is 4.79 Å². The Balaban J connectivity index is 3.27. The first kappa shape index (κ1) is 11.7. The fourth-order valence-corrected chi connectivity index (χ4v) is 1.15. The second-order valence-corrected chi connectivity index (χ2v) is 3.02. The van der Waals surface area contributed by atoms with Crippen molar-refractivity contribution in [2.75, 3.05) is 5.32 Å². The summed E-state index contributed by atoms with van der Waals surface area (Å²) in [7, 11) is 0. The molecule has 0 aliphatic rings. The number of hydrogen-bond donors (Lipinski definition) is 3. The van der Waals surface area contributed by atoms with Gasteiger partial charge in [0.2, 0.25) is 5.91 Å². The minimum Gasteiger partial charge on any atom is -0.506 e. The van der Waals surface area contributed by atoms with E-state index in [1.807, 2.05) is 0 Å². The molecule has 84 valence electrons. The normalized spacial score (nSPS) is 9.56. The van der Waals surface area contributed by atoms with Gasteiger partial charge in [0.05, 0.1) is 11.3 Å². The maximum atomic E-state index is 11.2. The molecule has 1 amide bonds. The molecule has 3 N–H and O–H groups in total. The number of carbonyl (C=O) groups excluding carboxylic acids is 2. The number of Topliss-reactive ketones (excluding diaryl/α,β-unsaturated/α-hetero) is 1. The number of aromatic hydroxyl groups is 1. The molecule has 1 aromatic rings. The number of carbonyl (C=O) groups is 3. The molecule has 0 atom stereocenters. The van der Waals surface area contributed by atoms with E-state index >= 15 is 0 Å². The third-order valence-corrected chi connectivity index (χ3v) is 1.78. The van der Waals surface area contributed by atoms with Crippen molar-refractivity contribution in [2.45, 2.75) is 6.92 Å². The Hall–Kier alpha value is -2.37. The lowest BCUT2D eigenvalue weighted by atomic mass is 10.1. The maximum Gasteiger partial charge on any atom is 0.377 e. The monoisotopic (exact) mass is 223 g/mol. The summed E-state index contributed by atoms with van der Waals surface area (Å²) in [5.74, 6) is -3.72. The molecule has 6 heteroatoms. The van der Waals surface area contributed by atoms with Gasteiger partial charge in [-0.05, 0) is 12.1 Å². The van der Waals surface area contributed by atoms with E-state index in [4.69, 9.17) is 5.11 Å². The Kier molecular flexibility index (Phi) is 3.24. The second-order valence-electron chi connectivity index (χ2n) is 3.02. The number of para-hydroxylation sites is 1. The predicted molar refractivity (Wildman–Crippen MR) is 54.4 cm³/mol. The average Bonchev–Trinajstić information content (AvgIpc) is 2.19. The van der Waals surface area contributed by atoms with Gasteiger partial charge in [-0.15, -0.1) is 0 Å². The molecular formula is C10H9NO5. The highest BCUT2D eigenvalue weighted by atomic mass is 16.4. The molecule has 1 aromatic carbocycles. The van der Waals surface area contributed by atoms with Crippen molar-refractivity contribution in [3.63, 3.8) is 0 Å². The van der Waals surface area contributed by atoms with Gasteiger partial charge in [0.15, 0.2) is 0 Å². The van der Waals surface area contributed by atoms with Crippen LogP contribution in [0.1, 0.15) is 17.3 Å². The Bertz CT molecular complexity index is 466. The summed E-state index contributed by atoms with van der Waals surface area (Å²) in [6.07, 6.45) is 0. The van der Waals surface area contributed by atoms with Gasteiger partial charge >= 0.3 is 5.97 Å². The van der Waals surface area contributed by atoms with Crippen LogP contribution in [0.15, 0.2) is 18.2 Å². The minimum atomic E-state index is -1.66. The molecule has 0 heterocycles. The molecule has 16 heavy (non-hydrogen) atoms. The van der Waals surface area contributed by atoms with Crippen molar-refractivity contribution < 1.29 is 24.6 Å². The van der Waals surface area contributed by atoms with Gasteiger partial charge in [-0.3, -0.25) is 9.59 Å². The molecule has 6 nitrogen and oxygen atoms in total. The quantitative estimate of drug-likeness (QED) is 0.396. The number of phenolic OH excluding ortho intramolecular Hbond substituents is 1. The number of phenols is 1. The fourth-order valence-electron chi connectivity index (χ4n) is 1.15. The summed E-state index contributed by atoms with van der Waals surface area (Å²) >= 11 is 0. The van der Waals surface area contributed by atoms with Gasteiger partial charge in [-0.2, -0.15) is 0 Å². The second kappa shape index (κ2) is 4.43. The zero-order valence-electron chi connectivity index (χ0n) is 8.35. The maximum absolute atomic E-state index is 11.2. The molecule has 0 fully saturated rings. The van der Waals surface area contributed by atoms with Crippen molar-refractivity contribution in [2.24, 2.45) is 0 Å². The summed E-state index contributed by atoms with van der Waals surface area (Å²) < 4.78 is 0. The summed E-state index contributed by atoms with van der Waals surface area (Å²) in [6.45, 7) is 1.18. The Morgan fingerprint density at radius 2 is 1.88 bits per heavy atom. The number of anilines is 1. The lowest BCUT2D eigenvalue weighted by Gasteiger charge is -2.08. The van der Waals surface area contributed by atoms with Crippen LogP contribution in [-0.4, -0.2) is 27.9 Å². The van der Waals surface area contributed by atoms with Crippen LogP contribution in [0.25, 0.3) is 0 Å². The summed E-state index contributed by atoms with van der Waals surface area (Å²) in [4.78, 5) is 32.6. The van der Waals surface area contributed by atoms with E-state index in [9.17, 15) is 19.5 Å². The SMILES string of the molecule is CC(=O)Nc1c(O)cccc1C(=O)C(=O)O. The van der Waals surface area contributed by atoms with E-state index in [2.05, 4.69) is 5.32 Å². The first-order valence-electron chi connectivity index (χ1n) is 4.30. The summed E-state index contributed by atoms with van der Waals surface area (Å²) in [5.41, 5.74) is -0.454. The topological polar surface area (TPSA) is 104 Å². The molecule has 0 aliphatic heterocycles. The molecule has 1 rings (SSSR count). The number of amides is 1. The fraction of sp³-hybridized carbons (Fsp3) is 0.100.